The number of carboxylic acids is 1. The van der Waals surface area contributed by atoms with Gasteiger partial charge in [-0.05, 0) is 43.1 Å². The molecule has 0 bridgehead atoms. The fourth-order valence-corrected chi connectivity index (χ4v) is 6.17. The van der Waals surface area contributed by atoms with Crippen LogP contribution in [0.1, 0.15) is 81.8 Å². The molecule has 1 amide bonds. The van der Waals surface area contributed by atoms with Gasteiger partial charge in [-0.25, -0.2) is 4.79 Å². The zero-order valence-corrected chi connectivity index (χ0v) is 21.5. The van der Waals surface area contributed by atoms with Crippen LogP contribution in [0, 0.1) is 11.8 Å². The molecule has 6 nitrogen and oxygen atoms in total. The highest BCUT2D eigenvalue weighted by Gasteiger charge is 2.33. The predicted octanol–water partition coefficient (Wildman–Crippen LogP) is 6.24. The average molecular weight is 472 g/mol. The number of rotatable bonds is 9. The molecule has 1 saturated carbocycles. The van der Waals surface area contributed by atoms with E-state index in [0.717, 1.165) is 30.6 Å². The average Bonchev–Trinajstić information content (AvgIpc) is 3.17. The van der Waals surface area contributed by atoms with E-state index in [-0.39, 0.29) is 35.3 Å². The van der Waals surface area contributed by atoms with Gasteiger partial charge in [0.05, 0.1) is 12.3 Å². The summed E-state index contributed by atoms with van der Waals surface area (Å²) in [6, 6.07) is 1.84. The van der Waals surface area contributed by atoms with E-state index in [1.807, 2.05) is 40.7 Å². The van der Waals surface area contributed by atoms with Crippen LogP contribution >= 0.6 is 18.7 Å². The zero-order valence-electron chi connectivity index (χ0n) is 19.8. The first kappa shape index (κ1) is 26.1. The van der Waals surface area contributed by atoms with Gasteiger partial charge in [-0.3, -0.25) is 9.36 Å². The summed E-state index contributed by atoms with van der Waals surface area (Å²) in [5.41, 5.74) is 0.219. The van der Waals surface area contributed by atoms with E-state index >= 15 is 0 Å². The first-order valence-corrected chi connectivity index (χ1v) is 14.1. The number of thiophene rings is 1. The van der Waals surface area contributed by atoms with Crippen molar-refractivity contribution >= 4 is 36.3 Å². The quantitative estimate of drug-likeness (QED) is 0.431. The lowest BCUT2D eigenvalue weighted by atomic mass is 9.82. The largest absolute Gasteiger partial charge is 0.477 e. The molecular formula is C23H38NO5PS. The Morgan fingerprint density at radius 2 is 1.77 bits per heavy atom. The molecule has 1 aliphatic rings. The summed E-state index contributed by atoms with van der Waals surface area (Å²) in [5.74, 6) is -0.567. The number of anilines is 1. The maximum Gasteiger partial charge on any atom is 0.348 e. The van der Waals surface area contributed by atoms with Crippen molar-refractivity contribution in [1.29, 1.82) is 0 Å². The second kappa shape index (κ2) is 10.6. The number of carboxylic acid groups (broad SMARTS) is 1. The third-order valence-electron chi connectivity index (χ3n) is 6.17. The highest BCUT2D eigenvalue weighted by molar-refractivity contribution is 7.58. The lowest BCUT2D eigenvalue weighted by Crippen LogP contribution is -2.40. The van der Waals surface area contributed by atoms with Crippen LogP contribution in [0.4, 0.5) is 5.69 Å². The second-order valence-corrected chi connectivity index (χ2v) is 13.8. The molecule has 1 aliphatic carbocycles. The van der Waals surface area contributed by atoms with E-state index in [0.29, 0.717) is 23.9 Å². The van der Waals surface area contributed by atoms with E-state index in [2.05, 4.69) is 6.92 Å². The predicted molar refractivity (Wildman–Crippen MR) is 128 cm³/mol. The van der Waals surface area contributed by atoms with Gasteiger partial charge >= 0.3 is 5.97 Å². The molecule has 8 heteroatoms. The van der Waals surface area contributed by atoms with E-state index in [9.17, 15) is 19.3 Å². The molecule has 31 heavy (non-hydrogen) atoms. The molecule has 1 aromatic rings. The van der Waals surface area contributed by atoms with Crippen molar-refractivity contribution < 1.29 is 23.8 Å². The monoisotopic (exact) mass is 471 g/mol. The Hall–Kier alpha value is -1.17. The highest BCUT2D eigenvalue weighted by atomic mass is 32.1. The Labute approximate surface area is 190 Å². The number of nitrogens with zero attached hydrogens (tertiary/aromatic N) is 1. The molecule has 0 atom stereocenters. The smallest absolute Gasteiger partial charge is 0.348 e. The maximum atomic E-state index is 13.5. The summed E-state index contributed by atoms with van der Waals surface area (Å²) in [5, 5.41) is 9.85. The lowest BCUT2D eigenvalue weighted by Gasteiger charge is -2.31. The minimum Gasteiger partial charge on any atom is -0.477 e. The van der Waals surface area contributed by atoms with Crippen molar-refractivity contribution in [3.63, 3.8) is 0 Å². The van der Waals surface area contributed by atoms with E-state index in [1.165, 1.54) is 11.3 Å². The summed E-state index contributed by atoms with van der Waals surface area (Å²) < 4.78 is 18.4. The molecule has 176 valence electrons. The van der Waals surface area contributed by atoms with Gasteiger partial charge in [-0.15, -0.1) is 11.3 Å². The van der Waals surface area contributed by atoms with Crippen LogP contribution in [0.5, 0.6) is 0 Å². The molecule has 1 fully saturated rings. The molecule has 0 aliphatic heterocycles. The summed E-state index contributed by atoms with van der Waals surface area (Å²) in [4.78, 5) is 28.3. The van der Waals surface area contributed by atoms with Gasteiger partial charge < -0.3 is 14.5 Å². The van der Waals surface area contributed by atoms with Gasteiger partial charge in [0.2, 0.25) is 13.3 Å². The number of hydrogen-bond donors (Lipinski definition) is 1. The molecule has 1 heterocycles. The first-order chi connectivity index (χ1) is 14.4. The van der Waals surface area contributed by atoms with Crippen molar-refractivity contribution in [3.05, 3.63) is 15.8 Å². The molecule has 2 rings (SSSR count). The number of aromatic carboxylic acids is 1. The Kier molecular flexibility index (Phi) is 8.95. The van der Waals surface area contributed by atoms with Gasteiger partial charge in [0, 0.05) is 29.7 Å². The van der Waals surface area contributed by atoms with Crippen molar-refractivity contribution in [3.8, 4) is 0 Å². The normalized spacial score (nSPS) is 19.9. The first-order valence-electron chi connectivity index (χ1n) is 11.3. The number of carbonyl (C=O) groups is 2. The van der Waals surface area contributed by atoms with Crippen LogP contribution in [0.15, 0.2) is 6.07 Å². The van der Waals surface area contributed by atoms with Crippen LogP contribution in [0.3, 0.4) is 0 Å². The number of carbonyl (C=O) groups excluding carboxylic acids is 1. The third kappa shape index (κ3) is 6.66. The molecule has 0 radical (unpaired) electrons. The van der Waals surface area contributed by atoms with Crippen molar-refractivity contribution in [1.82, 2.24) is 0 Å². The molecule has 1 N–H and O–H groups in total. The van der Waals surface area contributed by atoms with Gasteiger partial charge in [0.15, 0.2) is 0 Å². The molecule has 0 saturated heterocycles. The van der Waals surface area contributed by atoms with E-state index in [4.69, 9.17) is 4.52 Å². The maximum absolute atomic E-state index is 13.5. The van der Waals surface area contributed by atoms with Crippen LogP contribution in [0.2, 0.25) is 0 Å². The van der Waals surface area contributed by atoms with Gasteiger partial charge in [0.25, 0.3) is 0 Å². The van der Waals surface area contributed by atoms with E-state index in [1.54, 1.807) is 4.90 Å². The van der Waals surface area contributed by atoms with E-state index < -0.39 is 13.3 Å². The summed E-state index contributed by atoms with van der Waals surface area (Å²) in [6.45, 7) is 12.3. The molecular weight excluding hydrogens is 433 g/mol. The Bertz CT molecular complexity index is 812. The minimum absolute atomic E-state index is 0.0425. The van der Waals surface area contributed by atoms with Crippen molar-refractivity contribution in [2.75, 3.05) is 30.4 Å². The molecule has 1 aromatic heterocycles. The van der Waals surface area contributed by atoms with Gasteiger partial charge in [-0.2, -0.15) is 0 Å². The topological polar surface area (TPSA) is 83.9 Å². The fourth-order valence-electron chi connectivity index (χ4n) is 3.89. The van der Waals surface area contributed by atoms with Crippen LogP contribution in [-0.2, 0) is 19.3 Å². The fraction of sp³-hybridized carbons (Fsp3) is 0.739. The molecule has 0 aromatic carbocycles. The van der Waals surface area contributed by atoms with Gasteiger partial charge in [-0.1, -0.05) is 41.5 Å². The number of amides is 1. The Morgan fingerprint density at radius 1 is 1.19 bits per heavy atom. The van der Waals surface area contributed by atoms with Crippen LogP contribution < -0.4 is 4.90 Å². The Morgan fingerprint density at radius 3 is 2.26 bits per heavy atom. The summed E-state index contributed by atoms with van der Waals surface area (Å²) in [7, 11) is -2.70. The third-order valence-corrected chi connectivity index (χ3v) is 10.3. The number of hydrogen-bond acceptors (Lipinski definition) is 5. The SMILES string of the molecule is CCP(=O)(CC)OCCN(C(=O)C1CCC(C)CC1)c1cc(C(C)(C)C)sc1C(=O)O. The minimum atomic E-state index is -2.70. The lowest BCUT2D eigenvalue weighted by molar-refractivity contribution is -0.123. The highest BCUT2D eigenvalue weighted by Crippen LogP contribution is 2.46. The van der Waals surface area contributed by atoms with Gasteiger partial charge in [0.1, 0.15) is 4.88 Å². The standard InChI is InChI=1S/C23H38NO5PS/c1-7-30(28,8-2)29-14-13-24(21(25)17-11-9-16(3)10-12-17)18-15-19(23(4,5)6)31-20(18)22(26)27/h15-17H,7-14H2,1-6H3,(H,26,27). The Balaban J connectivity index is 2.37. The summed E-state index contributed by atoms with van der Waals surface area (Å²) in [6.07, 6.45) is 4.54. The zero-order chi connectivity index (χ0) is 23.4. The molecule has 0 unspecified atom stereocenters. The molecule has 0 spiro atoms. The van der Waals surface area contributed by atoms with Crippen molar-refractivity contribution in [2.45, 2.75) is 72.6 Å². The van der Waals surface area contributed by atoms with Crippen LogP contribution in [-0.4, -0.2) is 42.5 Å². The van der Waals surface area contributed by atoms with Crippen molar-refractivity contribution in [2.24, 2.45) is 11.8 Å². The summed E-state index contributed by atoms with van der Waals surface area (Å²) >= 11 is 1.23. The van der Waals surface area contributed by atoms with Crippen LogP contribution in [0.25, 0.3) is 0 Å². The second-order valence-electron chi connectivity index (χ2n) is 9.61.